The van der Waals surface area contributed by atoms with Crippen molar-refractivity contribution < 1.29 is 14.3 Å². The number of alkyl carbamates (subject to hydrolysis) is 1. The Morgan fingerprint density at radius 2 is 1.62 bits per heavy atom. The second-order valence-electron chi connectivity index (χ2n) is 7.76. The van der Waals surface area contributed by atoms with Crippen LogP contribution in [0.15, 0.2) is 0 Å². The lowest BCUT2D eigenvalue weighted by Crippen LogP contribution is -2.51. The Morgan fingerprint density at radius 1 is 1.10 bits per heavy atom. The average Bonchev–Trinajstić information content (AvgIpc) is 2.44. The third-order valence-corrected chi connectivity index (χ3v) is 5.19. The average molecular weight is 296 g/mol. The molecule has 0 heterocycles. The minimum absolute atomic E-state index is 0.146. The molecule has 5 heteroatoms. The predicted octanol–water partition coefficient (Wildman–Crippen LogP) is 2.38. The summed E-state index contributed by atoms with van der Waals surface area (Å²) in [4.78, 5) is 23.8. The molecular weight excluding hydrogens is 268 g/mol. The van der Waals surface area contributed by atoms with Crippen molar-refractivity contribution in [2.24, 2.45) is 16.6 Å². The summed E-state index contributed by atoms with van der Waals surface area (Å²) in [7, 11) is 0. The van der Waals surface area contributed by atoms with Gasteiger partial charge in [-0.15, -0.1) is 0 Å². The zero-order chi connectivity index (χ0) is 15.7. The number of amides is 1. The molecule has 3 rings (SSSR count). The zero-order valence-electron chi connectivity index (χ0n) is 13.5. The Bertz CT molecular complexity index is 401. The third-order valence-electron chi connectivity index (χ3n) is 5.19. The monoisotopic (exact) mass is 296 g/mol. The minimum atomic E-state index is -0.469. The third kappa shape index (κ3) is 3.57. The molecule has 3 saturated carbocycles. The molecule has 3 aliphatic carbocycles. The lowest BCUT2D eigenvalue weighted by molar-refractivity contribution is -0.136. The first-order valence-electron chi connectivity index (χ1n) is 7.91. The van der Waals surface area contributed by atoms with Crippen LogP contribution in [0.2, 0.25) is 0 Å². The number of hydrogen-bond donors (Lipinski definition) is 2. The van der Waals surface area contributed by atoms with E-state index in [0.717, 1.165) is 38.5 Å². The van der Waals surface area contributed by atoms with Gasteiger partial charge in [-0.05, 0) is 64.7 Å². The van der Waals surface area contributed by atoms with Crippen molar-refractivity contribution in [2.75, 3.05) is 13.1 Å². The van der Waals surface area contributed by atoms with Crippen molar-refractivity contribution in [1.29, 1.82) is 0 Å². The number of Topliss-reactive ketones (excluding diaryl/α,β-unsaturated/α-hetero) is 1. The number of rotatable bonds is 4. The van der Waals surface area contributed by atoms with Gasteiger partial charge in [0.25, 0.3) is 0 Å². The maximum Gasteiger partial charge on any atom is 0.407 e. The highest BCUT2D eigenvalue weighted by Crippen LogP contribution is 2.56. The standard InChI is InChI=1S/C16H28N2O3/c1-14(2,3)21-13(20)18-11-15-4-7-16(8-5-15,9-6-15)12(19)10-17/h4-11,17H2,1-3H3,(H,18,20)/t15-,16+. The van der Waals surface area contributed by atoms with E-state index in [4.69, 9.17) is 10.5 Å². The first-order chi connectivity index (χ1) is 9.70. The summed E-state index contributed by atoms with van der Waals surface area (Å²) in [5, 5.41) is 2.91. The first-order valence-corrected chi connectivity index (χ1v) is 7.91. The van der Waals surface area contributed by atoms with E-state index in [1.165, 1.54) is 0 Å². The van der Waals surface area contributed by atoms with Gasteiger partial charge < -0.3 is 15.8 Å². The molecule has 21 heavy (non-hydrogen) atoms. The van der Waals surface area contributed by atoms with Gasteiger partial charge in [-0.3, -0.25) is 4.79 Å². The number of ketones is 1. The zero-order valence-corrected chi connectivity index (χ0v) is 13.5. The fourth-order valence-corrected chi connectivity index (χ4v) is 3.74. The van der Waals surface area contributed by atoms with Gasteiger partial charge in [0.1, 0.15) is 5.60 Å². The highest BCUT2D eigenvalue weighted by atomic mass is 16.6. The maximum absolute atomic E-state index is 12.1. The molecule has 0 aliphatic heterocycles. The molecule has 0 aromatic rings. The Balaban J connectivity index is 1.87. The highest BCUT2D eigenvalue weighted by Gasteiger charge is 2.51. The molecule has 0 aromatic carbocycles. The van der Waals surface area contributed by atoms with E-state index in [9.17, 15) is 9.59 Å². The number of hydrogen-bond acceptors (Lipinski definition) is 4. The van der Waals surface area contributed by atoms with Gasteiger partial charge in [-0.1, -0.05) is 0 Å². The van der Waals surface area contributed by atoms with Crippen LogP contribution in [0.1, 0.15) is 59.3 Å². The van der Waals surface area contributed by atoms with Crippen molar-refractivity contribution in [3.63, 3.8) is 0 Å². The SMILES string of the molecule is CC(C)(C)OC(=O)NC[C@]12CC[C@](C(=O)CN)(CC1)CC2. The van der Waals surface area contributed by atoms with Crippen LogP contribution in [0.5, 0.6) is 0 Å². The molecular formula is C16H28N2O3. The fourth-order valence-electron chi connectivity index (χ4n) is 3.74. The molecule has 0 saturated heterocycles. The van der Waals surface area contributed by atoms with E-state index in [2.05, 4.69) is 5.32 Å². The first kappa shape index (κ1) is 16.3. The summed E-state index contributed by atoms with van der Waals surface area (Å²) in [6.07, 6.45) is 5.38. The van der Waals surface area contributed by atoms with Crippen LogP contribution in [-0.2, 0) is 9.53 Å². The molecule has 1 amide bonds. The second kappa shape index (κ2) is 5.59. The van der Waals surface area contributed by atoms with E-state index in [1.807, 2.05) is 20.8 Å². The Hall–Kier alpha value is -1.10. The van der Waals surface area contributed by atoms with Crippen LogP contribution in [0, 0.1) is 10.8 Å². The van der Waals surface area contributed by atoms with Crippen molar-refractivity contribution in [3.8, 4) is 0 Å². The van der Waals surface area contributed by atoms with Crippen LogP contribution in [0.4, 0.5) is 4.79 Å². The van der Waals surface area contributed by atoms with E-state index in [1.54, 1.807) is 0 Å². The lowest BCUT2D eigenvalue weighted by atomic mass is 9.52. The number of fused-ring (bicyclic) bond motifs is 3. The van der Waals surface area contributed by atoms with Gasteiger partial charge in [0.05, 0.1) is 6.54 Å². The molecule has 3 fully saturated rings. The van der Waals surface area contributed by atoms with E-state index < -0.39 is 5.60 Å². The van der Waals surface area contributed by atoms with Gasteiger partial charge in [0.2, 0.25) is 0 Å². The van der Waals surface area contributed by atoms with Gasteiger partial charge >= 0.3 is 6.09 Å². The molecule has 5 nitrogen and oxygen atoms in total. The lowest BCUT2D eigenvalue weighted by Gasteiger charge is -2.52. The molecule has 0 spiro atoms. The van der Waals surface area contributed by atoms with Gasteiger partial charge in [0, 0.05) is 12.0 Å². The largest absolute Gasteiger partial charge is 0.444 e. The van der Waals surface area contributed by atoms with Crippen LogP contribution in [0.25, 0.3) is 0 Å². The normalized spacial score (nSPS) is 31.8. The van der Waals surface area contributed by atoms with E-state index >= 15 is 0 Å². The molecule has 0 aromatic heterocycles. The van der Waals surface area contributed by atoms with E-state index in [0.29, 0.717) is 6.54 Å². The van der Waals surface area contributed by atoms with Crippen LogP contribution in [0.3, 0.4) is 0 Å². The number of nitrogens with one attached hydrogen (secondary N) is 1. The van der Waals surface area contributed by atoms with Crippen molar-refractivity contribution >= 4 is 11.9 Å². The predicted molar refractivity (Wildman–Crippen MR) is 80.9 cm³/mol. The summed E-state index contributed by atoms with van der Waals surface area (Å²) >= 11 is 0. The molecule has 3 aliphatic rings. The van der Waals surface area contributed by atoms with Crippen molar-refractivity contribution in [1.82, 2.24) is 5.32 Å². The number of carbonyl (C=O) groups excluding carboxylic acids is 2. The summed E-state index contributed by atoms with van der Waals surface area (Å²) in [6.45, 7) is 6.38. The fraction of sp³-hybridized carbons (Fsp3) is 0.875. The van der Waals surface area contributed by atoms with Crippen LogP contribution < -0.4 is 11.1 Å². The number of nitrogens with two attached hydrogens (primary N) is 1. The minimum Gasteiger partial charge on any atom is -0.444 e. The van der Waals surface area contributed by atoms with Crippen LogP contribution in [-0.4, -0.2) is 30.6 Å². The Labute approximate surface area is 127 Å². The van der Waals surface area contributed by atoms with Gasteiger partial charge in [0.15, 0.2) is 5.78 Å². The molecule has 0 radical (unpaired) electrons. The number of ether oxygens (including phenoxy) is 1. The van der Waals surface area contributed by atoms with Crippen molar-refractivity contribution in [3.05, 3.63) is 0 Å². The Morgan fingerprint density at radius 3 is 2.05 bits per heavy atom. The van der Waals surface area contributed by atoms with Gasteiger partial charge in [-0.2, -0.15) is 0 Å². The summed E-state index contributed by atoms with van der Waals surface area (Å²) in [5.74, 6) is 0.218. The Kier molecular flexibility index (Phi) is 4.34. The van der Waals surface area contributed by atoms with Crippen molar-refractivity contribution in [2.45, 2.75) is 64.9 Å². The topological polar surface area (TPSA) is 81.4 Å². The molecule has 0 atom stereocenters. The number of carbonyl (C=O) groups is 2. The second-order valence-corrected chi connectivity index (χ2v) is 7.76. The highest BCUT2D eigenvalue weighted by molar-refractivity contribution is 5.86. The summed E-state index contributed by atoms with van der Waals surface area (Å²) in [6, 6.07) is 0. The summed E-state index contributed by atoms with van der Waals surface area (Å²) < 4.78 is 5.29. The molecule has 3 N–H and O–H groups in total. The smallest absolute Gasteiger partial charge is 0.407 e. The molecule has 0 unspecified atom stereocenters. The van der Waals surface area contributed by atoms with E-state index in [-0.39, 0.29) is 29.3 Å². The molecule has 2 bridgehead atoms. The quantitative estimate of drug-likeness (QED) is 0.834. The summed E-state index contributed by atoms with van der Waals surface area (Å²) in [5.41, 5.74) is 5.06. The van der Waals surface area contributed by atoms with Gasteiger partial charge in [-0.25, -0.2) is 4.79 Å². The maximum atomic E-state index is 12.1. The molecule has 120 valence electrons. The van der Waals surface area contributed by atoms with Crippen LogP contribution >= 0.6 is 0 Å².